The Morgan fingerprint density at radius 1 is 1.23 bits per heavy atom. The molecule has 0 bridgehead atoms. The number of hydrogen-bond donors (Lipinski definition) is 1. The Hall–Kier alpha value is -0.570. The minimum Gasteiger partial charge on any atom is -0.355 e. The molecular formula is C15H30IN5O. The van der Waals surface area contributed by atoms with E-state index in [0.717, 1.165) is 44.6 Å². The summed E-state index contributed by atoms with van der Waals surface area (Å²) in [6, 6.07) is 0.584. The number of amides is 1. The molecule has 6 nitrogen and oxygen atoms in total. The van der Waals surface area contributed by atoms with Crippen LogP contribution in [0.15, 0.2) is 4.99 Å². The predicted molar refractivity (Wildman–Crippen MR) is 101 cm³/mol. The first-order valence-corrected chi connectivity index (χ1v) is 7.90. The standard InChI is InChI=1S/C15H29N5O.HI/c1-12(21)19-7-9-20(10-8-19)15(16-2)17-11-14(18(3)4)13-5-6-13;/h13-14H,5-11H2,1-4H3,(H,16,17);1H. The lowest BCUT2D eigenvalue weighted by Gasteiger charge is -2.36. The highest BCUT2D eigenvalue weighted by molar-refractivity contribution is 14.0. The predicted octanol–water partition coefficient (Wildman–Crippen LogP) is 0.684. The van der Waals surface area contributed by atoms with Gasteiger partial charge in [0.15, 0.2) is 5.96 Å². The van der Waals surface area contributed by atoms with Gasteiger partial charge in [0.25, 0.3) is 0 Å². The van der Waals surface area contributed by atoms with Crippen molar-refractivity contribution in [2.24, 2.45) is 10.9 Å². The number of carbonyl (C=O) groups excluding carboxylic acids is 1. The van der Waals surface area contributed by atoms with Crippen LogP contribution in [0.25, 0.3) is 0 Å². The minimum absolute atomic E-state index is 0. The molecule has 2 aliphatic rings. The van der Waals surface area contributed by atoms with Crippen molar-refractivity contribution in [2.45, 2.75) is 25.8 Å². The second kappa shape index (κ2) is 8.90. The number of guanidine groups is 1. The number of halogens is 1. The fraction of sp³-hybridized carbons (Fsp3) is 0.867. The van der Waals surface area contributed by atoms with Crippen molar-refractivity contribution in [2.75, 3.05) is 53.9 Å². The molecule has 7 heteroatoms. The normalized spacial score (nSPS) is 20.7. The first-order chi connectivity index (χ1) is 10.0. The first-order valence-electron chi connectivity index (χ1n) is 7.90. The summed E-state index contributed by atoms with van der Waals surface area (Å²) in [5.41, 5.74) is 0. The lowest BCUT2D eigenvalue weighted by atomic mass is 10.1. The summed E-state index contributed by atoms with van der Waals surface area (Å²) in [5.74, 6) is 1.96. The molecule has 1 heterocycles. The Kier molecular flexibility index (Phi) is 7.88. The summed E-state index contributed by atoms with van der Waals surface area (Å²) in [4.78, 5) is 22.2. The van der Waals surface area contributed by atoms with Crippen LogP contribution < -0.4 is 5.32 Å². The zero-order chi connectivity index (χ0) is 15.4. The van der Waals surface area contributed by atoms with Crippen LogP contribution >= 0.6 is 24.0 Å². The van der Waals surface area contributed by atoms with E-state index in [2.05, 4.69) is 34.2 Å². The molecule has 1 atom stereocenters. The van der Waals surface area contributed by atoms with E-state index in [-0.39, 0.29) is 29.9 Å². The molecule has 22 heavy (non-hydrogen) atoms. The second-order valence-electron chi connectivity index (χ2n) is 6.29. The second-order valence-corrected chi connectivity index (χ2v) is 6.29. The van der Waals surface area contributed by atoms with Gasteiger partial charge in [-0.1, -0.05) is 0 Å². The molecule has 0 aromatic carbocycles. The monoisotopic (exact) mass is 423 g/mol. The zero-order valence-corrected chi connectivity index (χ0v) is 16.5. The number of piperazine rings is 1. The van der Waals surface area contributed by atoms with Crippen LogP contribution in [0.5, 0.6) is 0 Å². The zero-order valence-electron chi connectivity index (χ0n) is 14.2. The highest BCUT2D eigenvalue weighted by atomic mass is 127. The van der Waals surface area contributed by atoms with Gasteiger partial charge in [-0.15, -0.1) is 24.0 Å². The molecule has 1 saturated carbocycles. The maximum Gasteiger partial charge on any atom is 0.219 e. The van der Waals surface area contributed by atoms with E-state index in [0.29, 0.717) is 6.04 Å². The number of rotatable bonds is 4. The molecule has 0 spiro atoms. The minimum atomic E-state index is 0. The van der Waals surface area contributed by atoms with Crippen molar-refractivity contribution in [1.82, 2.24) is 20.0 Å². The van der Waals surface area contributed by atoms with E-state index >= 15 is 0 Å². The molecule has 1 amide bonds. The molecule has 0 aromatic rings. The highest BCUT2D eigenvalue weighted by Crippen LogP contribution is 2.34. The van der Waals surface area contributed by atoms with Gasteiger partial charge in [-0.3, -0.25) is 9.79 Å². The number of aliphatic imine (C=N–C) groups is 1. The number of hydrogen-bond acceptors (Lipinski definition) is 3. The molecule has 0 radical (unpaired) electrons. The highest BCUT2D eigenvalue weighted by Gasteiger charge is 2.33. The Labute approximate surface area is 151 Å². The molecule has 1 saturated heterocycles. The lowest BCUT2D eigenvalue weighted by Crippen LogP contribution is -2.55. The van der Waals surface area contributed by atoms with Crippen LogP contribution in [-0.2, 0) is 4.79 Å². The maximum atomic E-state index is 11.4. The van der Waals surface area contributed by atoms with Gasteiger partial charge >= 0.3 is 0 Å². The van der Waals surface area contributed by atoms with Crippen molar-refractivity contribution in [3.05, 3.63) is 0 Å². The molecular weight excluding hydrogens is 393 g/mol. The van der Waals surface area contributed by atoms with Gasteiger partial charge in [0, 0.05) is 52.7 Å². The van der Waals surface area contributed by atoms with E-state index in [4.69, 9.17) is 0 Å². The van der Waals surface area contributed by atoms with Crippen molar-refractivity contribution in [1.29, 1.82) is 0 Å². The average Bonchev–Trinajstić information content (AvgIpc) is 3.28. The van der Waals surface area contributed by atoms with Gasteiger partial charge in [-0.05, 0) is 32.9 Å². The van der Waals surface area contributed by atoms with Gasteiger partial charge < -0.3 is 20.0 Å². The summed E-state index contributed by atoms with van der Waals surface area (Å²) >= 11 is 0. The number of carbonyl (C=O) groups is 1. The van der Waals surface area contributed by atoms with Gasteiger partial charge in [0.1, 0.15) is 0 Å². The van der Waals surface area contributed by atoms with E-state index in [1.54, 1.807) is 6.92 Å². The van der Waals surface area contributed by atoms with Crippen LogP contribution in [0.3, 0.4) is 0 Å². The fourth-order valence-corrected chi connectivity index (χ4v) is 3.01. The topological polar surface area (TPSA) is 51.2 Å². The largest absolute Gasteiger partial charge is 0.355 e. The number of likely N-dealkylation sites (N-methyl/N-ethyl adjacent to an activating group) is 1. The Balaban J connectivity index is 0.00000242. The smallest absolute Gasteiger partial charge is 0.219 e. The molecule has 0 aromatic heterocycles. The first kappa shape index (κ1) is 19.5. The molecule has 1 aliphatic heterocycles. The van der Waals surface area contributed by atoms with Crippen molar-refractivity contribution in [3.8, 4) is 0 Å². The van der Waals surface area contributed by atoms with E-state index in [1.807, 2.05) is 11.9 Å². The fourth-order valence-electron chi connectivity index (χ4n) is 3.01. The van der Waals surface area contributed by atoms with Gasteiger partial charge in [0.2, 0.25) is 5.91 Å². The van der Waals surface area contributed by atoms with Gasteiger partial charge in [0.05, 0.1) is 0 Å². The molecule has 1 unspecified atom stereocenters. The Morgan fingerprint density at radius 3 is 2.18 bits per heavy atom. The SMILES string of the molecule is CN=C(NCC(C1CC1)N(C)C)N1CCN(C(C)=O)CC1.I. The molecule has 2 fully saturated rings. The summed E-state index contributed by atoms with van der Waals surface area (Å²) in [5, 5.41) is 3.52. The maximum absolute atomic E-state index is 11.4. The quantitative estimate of drug-likeness (QED) is 0.411. The van der Waals surface area contributed by atoms with Crippen molar-refractivity contribution in [3.63, 3.8) is 0 Å². The van der Waals surface area contributed by atoms with Crippen LogP contribution in [0.4, 0.5) is 0 Å². The number of nitrogens with one attached hydrogen (secondary N) is 1. The Bertz CT molecular complexity index is 387. The van der Waals surface area contributed by atoms with E-state index in [1.165, 1.54) is 12.8 Å². The average molecular weight is 423 g/mol. The van der Waals surface area contributed by atoms with Gasteiger partial charge in [-0.25, -0.2) is 0 Å². The third kappa shape index (κ3) is 5.26. The molecule has 1 aliphatic carbocycles. The van der Waals surface area contributed by atoms with Crippen LogP contribution in [0, 0.1) is 5.92 Å². The van der Waals surface area contributed by atoms with Crippen LogP contribution in [0.1, 0.15) is 19.8 Å². The summed E-state index contributed by atoms with van der Waals surface area (Å²) in [6.07, 6.45) is 2.70. The third-order valence-corrected chi connectivity index (χ3v) is 4.54. The lowest BCUT2D eigenvalue weighted by molar-refractivity contribution is -0.130. The van der Waals surface area contributed by atoms with E-state index in [9.17, 15) is 4.79 Å². The Morgan fingerprint density at radius 2 is 1.77 bits per heavy atom. The molecule has 128 valence electrons. The van der Waals surface area contributed by atoms with Crippen molar-refractivity contribution >= 4 is 35.8 Å². The molecule has 1 N–H and O–H groups in total. The van der Waals surface area contributed by atoms with E-state index < -0.39 is 0 Å². The summed E-state index contributed by atoms with van der Waals surface area (Å²) < 4.78 is 0. The van der Waals surface area contributed by atoms with Crippen LogP contribution in [-0.4, -0.2) is 86.5 Å². The van der Waals surface area contributed by atoms with Crippen LogP contribution in [0.2, 0.25) is 0 Å². The van der Waals surface area contributed by atoms with Gasteiger partial charge in [-0.2, -0.15) is 0 Å². The van der Waals surface area contributed by atoms with Crippen molar-refractivity contribution < 1.29 is 4.79 Å². The number of nitrogens with zero attached hydrogens (tertiary/aromatic N) is 4. The summed E-state index contributed by atoms with van der Waals surface area (Å²) in [7, 11) is 6.14. The third-order valence-electron chi connectivity index (χ3n) is 4.54. The molecule has 2 rings (SSSR count). The summed E-state index contributed by atoms with van der Waals surface area (Å²) in [6.45, 7) is 5.87.